The molecule has 0 heterocycles. The lowest BCUT2D eigenvalue weighted by molar-refractivity contribution is -0.138. The first-order chi connectivity index (χ1) is 12.6. The smallest absolute Gasteiger partial charge is 0.303 e. The summed E-state index contributed by atoms with van der Waals surface area (Å²) < 4.78 is 0. The lowest BCUT2D eigenvalue weighted by atomic mass is 9.66. The Bertz CT molecular complexity index is 424. The van der Waals surface area contributed by atoms with E-state index in [0.29, 0.717) is 17.8 Å². The van der Waals surface area contributed by atoms with Gasteiger partial charge in [-0.2, -0.15) is 0 Å². The Morgan fingerprint density at radius 2 is 1.50 bits per heavy atom. The van der Waals surface area contributed by atoms with Crippen molar-refractivity contribution in [2.24, 2.45) is 23.7 Å². The molecule has 0 aromatic rings. The van der Waals surface area contributed by atoms with Crippen LogP contribution in [0.25, 0.3) is 0 Å². The van der Waals surface area contributed by atoms with E-state index in [2.05, 4.69) is 45.1 Å². The first kappa shape index (κ1) is 23.0. The van der Waals surface area contributed by atoms with Crippen molar-refractivity contribution in [1.82, 2.24) is 0 Å². The van der Waals surface area contributed by atoms with Crippen LogP contribution >= 0.6 is 0 Å². The van der Waals surface area contributed by atoms with Crippen LogP contribution in [0.3, 0.4) is 0 Å². The van der Waals surface area contributed by atoms with E-state index in [9.17, 15) is 9.90 Å². The number of carboxylic acid groups (broad SMARTS) is 1. The molecule has 0 aliphatic heterocycles. The largest absolute Gasteiger partial charge is 0.481 e. The van der Waals surface area contributed by atoms with Crippen molar-refractivity contribution in [2.45, 2.75) is 97.8 Å². The number of allylic oxidation sites excluding steroid dienone is 4. The molecule has 0 aromatic carbocycles. The molecule has 0 aromatic heterocycles. The van der Waals surface area contributed by atoms with Crippen molar-refractivity contribution in [3.63, 3.8) is 0 Å². The maximum absolute atomic E-state index is 11.4. The van der Waals surface area contributed by atoms with Gasteiger partial charge in [0.25, 0.3) is 0 Å². The van der Waals surface area contributed by atoms with Crippen LogP contribution < -0.4 is 0 Å². The molecule has 4 unspecified atom stereocenters. The molecule has 1 rings (SSSR count). The van der Waals surface area contributed by atoms with Crippen molar-refractivity contribution in [1.29, 1.82) is 0 Å². The number of rotatable bonds is 14. The Kier molecular flexibility index (Phi) is 12.4. The Morgan fingerprint density at radius 1 is 0.885 bits per heavy atom. The van der Waals surface area contributed by atoms with Gasteiger partial charge in [-0.15, -0.1) is 0 Å². The van der Waals surface area contributed by atoms with Crippen molar-refractivity contribution < 1.29 is 9.90 Å². The molecule has 150 valence electrons. The van der Waals surface area contributed by atoms with Crippen molar-refractivity contribution in [3.05, 3.63) is 24.3 Å². The third kappa shape index (κ3) is 8.56. The maximum Gasteiger partial charge on any atom is 0.303 e. The standard InChI is InChI=1S/C24H42O2/c1-4-7-10-12-14-20-17-18-21(19-24(25)26)23(15-9-6-3)22(20)16-13-11-8-5-2/h9,15,17-18,20-23H,4-8,10-14,16,19H2,1-3H3,(H,25,26). The van der Waals surface area contributed by atoms with Crippen LogP contribution in [0.1, 0.15) is 97.8 Å². The van der Waals surface area contributed by atoms with Crippen LogP contribution in [0.4, 0.5) is 0 Å². The van der Waals surface area contributed by atoms with Crippen LogP contribution in [-0.2, 0) is 4.79 Å². The summed E-state index contributed by atoms with van der Waals surface area (Å²) in [5.74, 6) is 1.14. The summed E-state index contributed by atoms with van der Waals surface area (Å²) in [5, 5.41) is 9.35. The van der Waals surface area contributed by atoms with Gasteiger partial charge in [0.1, 0.15) is 0 Å². The predicted octanol–water partition coefficient (Wildman–Crippen LogP) is 7.40. The average molecular weight is 363 g/mol. The molecule has 0 saturated heterocycles. The van der Waals surface area contributed by atoms with E-state index in [1.807, 2.05) is 0 Å². The van der Waals surface area contributed by atoms with E-state index in [4.69, 9.17) is 0 Å². The van der Waals surface area contributed by atoms with E-state index in [1.54, 1.807) is 0 Å². The highest BCUT2D eigenvalue weighted by Crippen LogP contribution is 2.42. The number of aliphatic carboxylic acids is 1. The zero-order chi connectivity index (χ0) is 19.2. The third-order valence-electron chi connectivity index (χ3n) is 5.93. The van der Waals surface area contributed by atoms with E-state index in [-0.39, 0.29) is 12.3 Å². The number of hydrogen-bond acceptors (Lipinski definition) is 1. The minimum absolute atomic E-state index is 0.165. The fourth-order valence-electron chi connectivity index (χ4n) is 4.47. The third-order valence-corrected chi connectivity index (χ3v) is 5.93. The van der Waals surface area contributed by atoms with Gasteiger partial charge < -0.3 is 5.11 Å². The molecule has 2 nitrogen and oxygen atoms in total. The number of unbranched alkanes of at least 4 members (excludes halogenated alkanes) is 6. The summed E-state index contributed by atoms with van der Waals surface area (Å²) in [4.78, 5) is 11.4. The van der Waals surface area contributed by atoms with Gasteiger partial charge in [0.05, 0.1) is 6.42 Å². The normalized spacial score (nSPS) is 25.8. The van der Waals surface area contributed by atoms with Gasteiger partial charge in [0, 0.05) is 0 Å². The molecule has 0 fully saturated rings. The van der Waals surface area contributed by atoms with Crippen molar-refractivity contribution in [3.8, 4) is 0 Å². The summed E-state index contributed by atoms with van der Waals surface area (Å²) >= 11 is 0. The van der Waals surface area contributed by atoms with E-state index < -0.39 is 5.97 Å². The molecule has 4 atom stereocenters. The molecule has 0 spiro atoms. The Morgan fingerprint density at radius 3 is 2.08 bits per heavy atom. The predicted molar refractivity (Wildman–Crippen MR) is 112 cm³/mol. The number of carboxylic acids is 1. The Hall–Kier alpha value is -1.05. The SMILES string of the molecule is CCC=CC1C(CC(=O)O)C=CC(CCCCCC)C1CCCCCC. The molecular formula is C24H42O2. The van der Waals surface area contributed by atoms with E-state index >= 15 is 0 Å². The number of hydrogen-bond donors (Lipinski definition) is 1. The van der Waals surface area contributed by atoms with Crippen LogP contribution in [0.2, 0.25) is 0 Å². The van der Waals surface area contributed by atoms with Crippen LogP contribution in [-0.4, -0.2) is 11.1 Å². The van der Waals surface area contributed by atoms with Gasteiger partial charge >= 0.3 is 5.97 Å². The molecular weight excluding hydrogens is 320 g/mol. The minimum Gasteiger partial charge on any atom is -0.481 e. The Labute approximate surface area is 162 Å². The topological polar surface area (TPSA) is 37.3 Å². The molecule has 0 radical (unpaired) electrons. The lowest BCUT2D eigenvalue weighted by Gasteiger charge is -2.38. The van der Waals surface area contributed by atoms with Crippen LogP contribution in [0.5, 0.6) is 0 Å². The van der Waals surface area contributed by atoms with Gasteiger partial charge in [-0.3, -0.25) is 4.79 Å². The summed E-state index contributed by atoms with van der Waals surface area (Å²) in [6, 6.07) is 0. The van der Waals surface area contributed by atoms with E-state index in [0.717, 1.165) is 6.42 Å². The second kappa shape index (κ2) is 14.1. The highest BCUT2D eigenvalue weighted by molar-refractivity contribution is 5.67. The quantitative estimate of drug-likeness (QED) is 0.258. The van der Waals surface area contributed by atoms with Crippen LogP contribution in [0.15, 0.2) is 24.3 Å². The summed E-state index contributed by atoms with van der Waals surface area (Å²) in [7, 11) is 0. The molecule has 0 saturated carbocycles. The highest BCUT2D eigenvalue weighted by Gasteiger charge is 2.34. The van der Waals surface area contributed by atoms with E-state index in [1.165, 1.54) is 64.2 Å². The van der Waals surface area contributed by atoms with Gasteiger partial charge in [-0.1, -0.05) is 96.4 Å². The molecule has 26 heavy (non-hydrogen) atoms. The first-order valence-electron chi connectivity index (χ1n) is 11.2. The molecule has 2 heteroatoms. The number of carbonyl (C=O) groups is 1. The monoisotopic (exact) mass is 362 g/mol. The maximum atomic E-state index is 11.4. The van der Waals surface area contributed by atoms with Crippen molar-refractivity contribution in [2.75, 3.05) is 0 Å². The second-order valence-electron chi connectivity index (χ2n) is 8.09. The lowest BCUT2D eigenvalue weighted by Crippen LogP contribution is -2.32. The minimum atomic E-state index is -0.666. The first-order valence-corrected chi connectivity index (χ1v) is 11.2. The summed E-state index contributed by atoms with van der Waals surface area (Å²) in [6.07, 6.45) is 23.5. The molecule has 1 aliphatic rings. The zero-order valence-electron chi connectivity index (χ0n) is 17.5. The molecule has 1 N–H and O–H groups in total. The molecule has 0 amide bonds. The van der Waals surface area contributed by atoms with Gasteiger partial charge in [0.2, 0.25) is 0 Å². The van der Waals surface area contributed by atoms with Crippen LogP contribution in [0, 0.1) is 23.7 Å². The summed E-state index contributed by atoms with van der Waals surface area (Å²) in [6.45, 7) is 6.69. The molecule has 1 aliphatic carbocycles. The highest BCUT2D eigenvalue weighted by atomic mass is 16.4. The zero-order valence-corrected chi connectivity index (χ0v) is 17.5. The van der Waals surface area contributed by atoms with Crippen molar-refractivity contribution >= 4 is 5.97 Å². The van der Waals surface area contributed by atoms with Gasteiger partial charge in [-0.05, 0) is 42.9 Å². The second-order valence-corrected chi connectivity index (χ2v) is 8.09. The van der Waals surface area contributed by atoms with Gasteiger partial charge in [-0.25, -0.2) is 0 Å². The fourth-order valence-corrected chi connectivity index (χ4v) is 4.47. The fraction of sp³-hybridized carbons (Fsp3) is 0.792. The summed E-state index contributed by atoms with van der Waals surface area (Å²) in [5.41, 5.74) is 0. The average Bonchev–Trinajstić information content (AvgIpc) is 2.62. The molecule has 0 bridgehead atoms. The van der Waals surface area contributed by atoms with Gasteiger partial charge in [0.15, 0.2) is 0 Å². The Balaban J connectivity index is 2.86.